The van der Waals surface area contributed by atoms with Crippen LogP contribution >= 0.6 is 0 Å². The molecule has 0 saturated carbocycles. The van der Waals surface area contributed by atoms with E-state index in [1.807, 2.05) is 0 Å². The molecule has 1 atom stereocenters. The van der Waals surface area contributed by atoms with E-state index in [1.54, 1.807) is 22.9 Å². The normalized spacial score (nSPS) is 17.2. The number of fused-ring (bicyclic) bond motifs is 1. The van der Waals surface area contributed by atoms with Crippen LogP contribution in [-0.2, 0) is 17.8 Å². The fraction of sp³-hybridized carbons (Fsp3) is 0.308. The van der Waals surface area contributed by atoms with Crippen molar-refractivity contribution in [2.75, 3.05) is 0 Å². The number of aryl methyl sites for hydroxylation is 1. The van der Waals surface area contributed by atoms with Gasteiger partial charge in [0.2, 0.25) is 0 Å². The SMILES string of the molecule is O=C(O)C1CCn2nc(-c3ccccc3[N+](=O)[O-])nc2C1. The molecule has 0 amide bonds. The van der Waals surface area contributed by atoms with E-state index in [4.69, 9.17) is 5.11 Å². The van der Waals surface area contributed by atoms with Gasteiger partial charge in [0.1, 0.15) is 5.82 Å². The monoisotopic (exact) mass is 288 g/mol. The summed E-state index contributed by atoms with van der Waals surface area (Å²) in [5, 5.41) is 24.4. The maximum Gasteiger partial charge on any atom is 0.307 e. The van der Waals surface area contributed by atoms with Crippen molar-refractivity contribution in [1.29, 1.82) is 0 Å². The van der Waals surface area contributed by atoms with Crippen LogP contribution in [-0.4, -0.2) is 30.8 Å². The molecule has 0 bridgehead atoms. The van der Waals surface area contributed by atoms with E-state index in [2.05, 4.69) is 10.1 Å². The first-order valence-corrected chi connectivity index (χ1v) is 6.46. The number of carboxylic acids is 1. The quantitative estimate of drug-likeness (QED) is 0.676. The molecule has 1 N–H and O–H groups in total. The Morgan fingerprint density at radius 2 is 2.19 bits per heavy atom. The molecule has 1 aliphatic heterocycles. The molecule has 0 fully saturated rings. The molecule has 108 valence electrons. The fourth-order valence-corrected chi connectivity index (χ4v) is 2.45. The van der Waals surface area contributed by atoms with Crippen LogP contribution in [0.1, 0.15) is 12.2 Å². The summed E-state index contributed by atoms with van der Waals surface area (Å²) in [4.78, 5) is 25.9. The van der Waals surface area contributed by atoms with Crippen LogP contribution in [0, 0.1) is 16.0 Å². The Kier molecular flexibility index (Phi) is 3.13. The number of carboxylic acid groups (broad SMARTS) is 1. The van der Waals surface area contributed by atoms with Gasteiger partial charge in [-0.2, -0.15) is 5.10 Å². The minimum atomic E-state index is -0.850. The summed E-state index contributed by atoms with van der Waals surface area (Å²) in [6.07, 6.45) is 0.783. The molecule has 0 saturated heterocycles. The van der Waals surface area contributed by atoms with Crippen molar-refractivity contribution < 1.29 is 14.8 Å². The Balaban J connectivity index is 2.00. The molecule has 2 aromatic rings. The minimum absolute atomic E-state index is 0.0600. The van der Waals surface area contributed by atoms with Gasteiger partial charge in [0.05, 0.1) is 16.4 Å². The van der Waals surface area contributed by atoms with Gasteiger partial charge in [-0.3, -0.25) is 14.9 Å². The van der Waals surface area contributed by atoms with Gasteiger partial charge in [-0.05, 0) is 12.5 Å². The number of aliphatic carboxylic acids is 1. The van der Waals surface area contributed by atoms with Gasteiger partial charge in [-0.25, -0.2) is 9.67 Å². The van der Waals surface area contributed by atoms with Gasteiger partial charge in [-0.15, -0.1) is 0 Å². The lowest BCUT2D eigenvalue weighted by atomic mass is 9.98. The third kappa shape index (κ3) is 2.35. The first-order valence-electron chi connectivity index (χ1n) is 6.46. The highest BCUT2D eigenvalue weighted by Gasteiger charge is 2.28. The second-order valence-corrected chi connectivity index (χ2v) is 4.88. The predicted molar refractivity (Wildman–Crippen MR) is 71.6 cm³/mol. The molecule has 2 heterocycles. The number of nitrogens with zero attached hydrogens (tertiary/aromatic N) is 4. The fourth-order valence-electron chi connectivity index (χ4n) is 2.45. The minimum Gasteiger partial charge on any atom is -0.481 e. The lowest BCUT2D eigenvalue weighted by Gasteiger charge is -2.17. The first kappa shape index (κ1) is 13.2. The zero-order valence-corrected chi connectivity index (χ0v) is 11.0. The predicted octanol–water partition coefficient (Wildman–Crippen LogP) is 1.50. The highest BCUT2D eigenvalue weighted by atomic mass is 16.6. The van der Waals surface area contributed by atoms with E-state index in [0.29, 0.717) is 30.8 Å². The highest BCUT2D eigenvalue weighted by molar-refractivity contribution is 5.71. The Labute approximate surface area is 119 Å². The van der Waals surface area contributed by atoms with Crippen molar-refractivity contribution in [3.8, 4) is 11.4 Å². The molecule has 8 nitrogen and oxygen atoms in total. The molecule has 21 heavy (non-hydrogen) atoms. The Morgan fingerprint density at radius 3 is 2.90 bits per heavy atom. The Morgan fingerprint density at radius 1 is 1.43 bits per heavy atom. The molecule has 1 aromatic carbocycles. The summed E-state index contributed by atoms with van der Waals surface area (Å²) in [5.41, 5.74) is 0.284. The average Bonchev–Trinajstić information content (AvgIpc) is 2.89. The van der Waals surface area contributed by atoms with E-state index in [0.717, 1.165) is 0 Å². The lowest BCUT2D eigenvalue weighted by molar-refractivity contribution is -0.384. The van der Waals surface area contributed by atoms with Gasteiger partial charge in [-0.1, -0.05) is 12.1 Å². The van der Waals surface area contributed by atoms with E-state index >= 15 is 0 Å². The van der Waals surface area contributed by atoms with Crippen LogP contribution in [0.25, 0.3) is 11.4 Å². The maximum atomic E-state index is 11.0. The van der Waals surface area contributed by atoms with Crippen molar-refractivity contribution in [3.05, 3.63) is 40.2 Å². The number of para-hydroxylation sites is 1. The largest absolute Gasteiger partial charge is 0.481 e. The van der Waals surface area contributed by atoms with E-state index in [-0.39, 0.29) is 11.5 Å². The Bertz CT molecular complexity index is 725. The van der Waals surface area contributed by atoms with Crippen LogP contribution in [0.2, 0.25) is 0 Å². The average molecular weight is 288 g/mol. The summed E-state index contributed by atoms with van der Waals surface area (Å²) in [6, 6.07) is 6.25. The number of nitro groups is 1. The summed E-state index contributed by atoms with van der Waals surface area (Å²) in [7, 11) is 0. The van der Waals surface area contributed by atoms with Crippen LogP contribution in [0.3, 0.4) is 0 Å². The summed E-state index contributed by atoms with van der Waals surface area (Å²) >= 11 is 0. The zero-order chi connectivity index (χ0) is 15.0. The van der Waals surface area contributed by atoms with Gasteiger partial charge < -0.3 is 5.11 Å². The van der Waals surface area contributed by atoms with Crippen LogP contribution in [0.5, 0.6) is 0 Å². The first-order chi connectivity index (χ1) is 10.1. The molecule has 3 rings (SSSR count). The number of nitro benzene ring substituents is 1. The van der Waals surface area contributed by atoms with Gasteiger partial charge in [0, 0.05) is 19.0 Å². The van der Waals surface area contributed by atoms with Crippen molar-refractivity contribution >= 4 is 11.7 Å². The summed E-state index contributed by atoms with van der Waals surface area (Å²) in [6.45, 7) is 0.458. The molecule has 1 aliphatic rings. The second-order valence-electron chi connectivity index (χ2n) is 4.88. The molecule has 8 heteroatoms. The van der Waals surface area contributed by atoms with Crippen LogP contribution in [0.4, 0.5) is 5.69 Å². The van der Waals surface area contributed by atoms with Crippen molar-refractivity contribution in [2.24, 2.45) is 5.92 Å². The number of aromatic nitrogens is 3. The van der Waals surface area contributed by atoms with Gasteiger partial charge in [0.15, 0.2) is 5.82 Å². The second kappa shape index (κ2) is 4.97. The lowest BCUT2D eigenvalue weighted by Crippen LogP contribution is -2.26. The molecule has 1 unspecified atom stereocenters. The topological polar surface area (TPSA) is 111 Å². The number of benzene rings is 1. The van der Waals surface area contributed by atoms with Crippen molar-refractivity contribution in [1.82, 2.24) is 14.8 Å². The van der Waals surface area contributed by atoms with E-state index in [1.165, 1.54) is 6.07 Å². The van der Waals surface area contributed by atoms with Crippen LogP contribution < -0.4 is 0 Å². The Hall–Kier alpha value is -2.77. The number of rotatable bonds is 3. The van der Waals surface area contributed by atoms with Gasteiger partial charge >= 0.3 is 5.97 Å². The molecule has 0 aliphatic carbocycles. The third-order valence-corrected chi connectivity index (χ3v) is 3.56. The maximum absolute atomic E-state index is 11.0. The molecule has 1 aromatic heterocycles. The molecular formula is C13H12N4O4. The molecular weight excluding hydrogens is 276 g/mol. The zero-order valence-electron chi connectivity index (χ0n) is 11.0. The summed E-state index contributed by atoms with van der Waals surface area (Å²) < 4.78 is 1.63. The third-order valence-electron chi connectivity index (χ3n) is 3.56. The number of carbonyl (C=O) groups is 1. The van der Waals surface area contributed by atoms with Gasteiger partial charge in [0.25, 0.3) is 5.69 Å². The summed E-state index contributed by atoms with van der Waals surface area (Å²) in [5.74, 6) is -0.498. The highest BCUT2D eigenvalue weighted by Crippen LogP contribution is 2.29. The van der Waals surface area contributed by atoms with Crippen LogP contribution in [0.15, 0.2) is 24.3 Å². The smallest absolute Gasteiger partial charge is 0.307 e. The number of hydrogen-bond acceptors (Lipinski definition) is 5. The van der Waals surface area contributed by atoms with Crippen molar-refractivity contribution in [3.63, 3.8) is 0 Å². The van der Waals surface area contributed by atoms with E-state index < -0.39 is 16.8 Å². The molecule has 0 spiro atoms. The van der Waals surface area contributed by atoms with E-state index in [9.17, 15) is 14.9 Å². The molecule has 0 radical (unpaired) electrons. The number of hydrogen-bond donors (Lipinski definition) is 1. The standard InChI is InChI=1S/C13H12N4O4/c18-13(19)8-5-6-16-11(7-8)14-12(15-16)9-3-1-2-4-10(9)17(20)21/h1-4,8H,5-7H2,(H,18,19). The van der Waals surface area contributed by atoms with Crippen molar-refractivity contribution in [2.45, 2.75) is 19.4 Å².